The molecule has 2 heteroatoms. The molecule has 16 heavy (non-hydrogen) atoms. The number of hydrogen-bond acceptors (Lipinski definition) is 2. The summed E-state index contributed by atoms with van der Waals surface area (Å²) in [6.45, 7) is 1.90. The highest BCUT2D eigenvalue weighted by atomic mass is 16.6. The Morgan fingerprint density at radius 3 is 1.62 bits per heavy atom. The Balaban J connectivity index is 1.61. The van der Waals surface area contributed by atoms with Gasteiger partial charge < -0.3 is 10.5 Å². The highest BCUT2D eigenvalue weighted by Crippen LogP contribution is 2.18. The third kappa shape index (κ3) is 9.17. The van der Waals surface area contributed by atoms with Crippen LogP contribution in [0.15, 0.2) is 0 Å². The molecule has 0 aromatic heterocycles. The summed E-state index contributed by atoms with van der Waals surface area (Å²) in [5.41, 5.74) is 5.45. The second-order valence-electron chi connectivity index (χ2n) is 5.07. The molecule has 1 unspecified atom stereocenters. The molecule has 1 aliphatic heterocycles. The lowest BCUT2D eigenvalue weighted by molar-refractivity contribution is 0.387. The average Bonchev–Trinajstić information content (AvgIpc) is 3.10. The Labute approximate surface area is 101 Å². The molecular weight excluding hydrogens is 198 g/mol. The van der Waals surface area contributed by atoms with Crippen molar-refractivity contribution in [2.75, 3.05) is 13.2 Å². The van der Waals surface area contributed by atoms with E-state index in [-0.39, 0.29) is 0 Å². The van der Waals surface area contributed by atoms with E-state index in [1.165, 1.54) is 70.6 Å². The molecule has 96 valence electrons. The van der Waals surface area contributed by atoms with Gasteiger partial charge in [-0.1, -0.05) is 57.8 Å². The number of nitrogens with two attached hydrogens (primary N) is 1. The summed E-state index contributed by atoms with van der Waals surface area (Å²) in [5, 5.41) is 0. The highest BCUT2D eigenvalue weighted by molar-refractivity contribution is 4.68. The summed E-state index contributed by atoms with van der Waals surface area (Å²) in [6.07, 6.45) is 15.8. The van der Waals surface area contributed by atoms with Crippen LogP contribution >= 0.6 is 0 Å². The molecular formula is C14H29NO. The number of hydrogen-bond donors (Lipinski definition) is 1. The lowest BCUT2D eigenvalue weighted by Crippen LogP contribution is -1.97. The van der Waals surface area contributed by atoms with Crippen LogP contribution in [0.25, 0.3) is 0 Å². The maximum atomic E-state index is 5.45. The zero-order valence-electron chi connectivity index (χ0n) is 10.8. The third-order valence-corrected chi connectivity index (χ3v) is 3.38. The number of epoxide rings is 1. The first-order valence-corrected chi connectivity index (χ1v) is 7.25. The lowest BCUT2D eigenvalue weighted by atomic mass is 10.1. The maximum absolute atomic E-state index is 5.45. The van der Waals surface area contributed by atoms with E-state index >= 15 is 0 Å². The van der Waals surface area contributed by atoms with Crippen molar-refractivity contribution in [3.05, 3.63) is 0 Å². The molecule has 0 aliphatic carbocycles. The zero-order valence-corrected chi connectivity index (χ0v) is 10.8. The zero-order chi connectivity index (χ0) is 11.5. The Morgan fingerprint density at radius 1 is 0.750 bits per heavy atom. The molecule has 0 aromatic carbocycles. The van der Waals surface area contributed by atoms with Crippen molar-refractivity contribution >= 4 is 0 Å². The van der Waals surface area contributed by atoms with Crippen LogP contribution in [0.4, 0.5) is 0 Å². The van der Waals surface area contributed by atoms with E-state index in [4.69, 9.17) is 10.5 Å². The summed E-state index contributed by atoms with van der Waals surface area (Å²) >= 11 is 0. The van der Waals surface area contributed by atoms with Gasteiger partial charge in [0, 0.05) is 0 Å². The first kappa shape index (κ1) is 14.0. The molecule has 1 heterocycles. The van der Waals surface area contributed by atoms with Crippen LogP contribution in [0.3, 0.4) is 0 Å². The predicted octanol–water partition coefficient (Wildman–Crippen LogP) is 3.64. The van der Waals surface area contributed by atoms with Gasteiger partial charge in [0.05, 0.1) is 12.7 Å². The molecule has 0 saturated carbocycles. The van der Waals surface area contributed by atoms with Gasteiger partial charge in [0.25, 0.3) is 0 Å². The van der Waals surface area contributed by atoms with E-state index in [1.54, 1.807) is 0 Å². The minimum Gasteiger partial charge on any atom is -0.373 e. The molecule has 2 N–H and O–H groups in total. The van der Waals surface area contributed by atoms with Crippen LogP contribution in [-0.2, 0) is 4.74 Å². The van der Waals surface area contributed by atoms with Gasteiger partial charge in [0.2, 0.25) is 0 Å². The molecule has 1 fully saturated rings. The van der Waals surface area contributed by atoms with Crippen molar-refractivity contribution in [2.45, 2.75) is 76.7 Å². The molecule has 0 aromatic rings. The second kappa shape index (κ2) is 10.1. The van der Waals surface area contributed by atoms with Crippen LogP contribution in [0.2, 0.25) is 0 Å². The van der Waals surface area contributed by atoms with Gasteiger partial charge in [-0.2, -0.15) is 0 Å². The highest BCUT2D eigenvalue weighted by Gasteiger charge is 2.20. The monoisotopic (exact) mass is 227 g/mol. The van der Waals surface area contributed by atoms with Gasteiger partial charge >= 0.3 is 0 Å². The van der Waals surface area contributed by atoms with Crippen LogP contribution in [-0.4, -0.2) is 19.3 Å². The van der Waals surface area contributed by atoms with E-state index in [0.29, 0.717) is 6.10 Å². The second-order valence-corrected chi connectivity index (χ2v) is 5.07. The van der Waals surface area contributed by atoms with Gasteiger partial charge in [0.1, 0.15) is 0 Å². The van der Waals surface area contributed by atoms with Crippen LogP contribution in [0.5, 0.6) is 0 Å². The Hall–Kier alpha value is -0.0800. The van der Waals surface area contributed by atoms with Crippen LogP contribution in [0.1, 0.15) is 70.6 Å². The Morgan fingerprint density at radius 2 is 1.19 bits per heavy atom. The largest absolute Gasteiger partial charge is 0.373 e. The van der Waals surface area contributed by atoms with Crippen molar-refractivity contribution in [3.8, 4) is 0 Å². The predicted molar refractivity (Wildman–Crippen MR) is 69.6 cm³/mol. The maximum Gasteiger partial charge on any atom is 0.0810 e. The molecule has 2 nitrogen and oxygen atoms in total. The van der Waals surface area contributed by atoms with Crippen molar-refractivity contribution in [2.24, 2.45) is 5.73 Å². The molecule has 1 aliphatic rings. The molecule has 1 atom stereocenters. The topological polar surface area (TPSA) is 38.5 Å². The Bertz CT molecular complexity index is 146. The average molecular weight is 227 g/mol. The van der Waals surface area contributed by atoms with Crippen molar-refractivity contribution in [1.29, 1.82) is 0 Å². The molecule has 0 amide bonds. The summed E-state index contributed by atoms with van der Waals surface area (Å²) in [4.78, 5) is 0. The summed E-state index contributed by atoms with van der Waals surface area (Å²) in [5.74, 6) is 0. The fourth-order valence-electron chi connectivity index (χ4n) is 2.17. The number of unbranched alkanes of at least 4 members (excludes halogenated alkanes) is 9. The van der Waals surface area contributed by atoms with Gasteiger partial charge in [-0.3, -0.25) is 0 Å². The minimum absolute atomic E-state index is 0.641. The van der Waals surface area contributed by atoms with E-state index in [9.17, 15) is 0 Å². The van der Waals surface area contributed by atoms with Gasteiger partial charge in [-0.15, -0.1) is 0 Å². The number of ether oxygens (including phenoxy) is 1. The van der Waals surface area contributed by atoms with Gasteiger partial charge in [0.15, 0.2) is 0 Å². The van der Waals surface area contributed by atoms with Gasteiger partial charge in [-0.25, -0.2) is 0 Å². The van der Waals surface area contributed by atoms with Gasteiger partial charge in [-0.05, 0) is 19.4 Å². The van der Waals surface area contributed by atoms with E-state index < -0.39 is 0 Å². The summed E-state index contributed by atoms with van der Waals surface area (Å²) in [6, 6.07) is 0. The SMILES string of the molecule is NCCCCCCCCCCCCC1CO1. The van der Waals surface area contributed by atoms with E-state index in [0.717, 1.165) is 13.2 Å². The smallest absolute Gasteiger partial charge is 0.0810 e. The minimum atomic E-state index is 0.641. The first-order valence-electron chi connectivity index (χ1n) is 7.25. The fourth-order valence-corrected chi connectivity index (χ4v) is 2.17. The third-order valence-electron chi connectivity index (χ3n) is 3.38. The van der Waals surface area contributed by atoms with Crippen molar-refractivity contribution in [1.82, 2.24) is 0 Å². The van der Waals surface area contributed by atoms with Crippen molar-refractivity contribution < 1.29 is 4.74 Å². The fraction of sp³-hybridized carbons (Fsp3) is 1.00. The Kier molecular flexibility index (Phi) is 8.83. The molecule has 0 bridgehead atoms. The summed E-state index contributed by atoms with van der Waals surface area (Å²) in [7, 11) is 0. The van der Waals surface area contributed by atoms with E-state index in [2.05, 4.69) is 0 Å². The molecule has 1 saturated heterocycles. The van der Waals surface area contributed by atoms with E-state index in [1.807, 2.05) is 0 Å². The van der Waals surface area contributed by atoms with Crippen LogP contribution < -0.4 is 5.73 Å². The molecule has 0 radical (unpaired) electrons. The normalized spacial score (nSPS) is 18.9. The molecule has 0 spiro atoms. The first-order chi connectivity index (χ1) is 7.93. The van der Waals surface area contributed by atoms with Crippen LogP contribution in [0, 0.1) is 0 Å². The molecule has 1 rings (SSSR count). The number of rotatable bonds is 12. The summed E-state index contributed by atoms with van der Waals surface area (Å²) < 4.78 is 5.19. The van der Waals surface area contributed by atoms with Crippen molar-refractivity contribution in [3.63, 3.8) is 0 Å². The lowest BCUT2D eigenvalue weighted by Gasteiger charge is -2.01. The standard InChI is InChI=1S/C14H29NO/c15-12-10-8-6-4-2-1-3-5-7-9-11-14-13-16-14/h14H,1-13,15H2. The quantitative estimate of drug-likeness (QED) is 0.408.